The number of fused-ring (bicyclic) bond motifs is 1. The molecule has 0 bridgehead atoms. The predicted octanol–water partition coefficient (Wildman–Crippen LogP) is 4.42. The van der Waals surface area contributed by atoms with E-state index >= 15 is 0 Å². The Morgan fingerprint density at radius 2 is 2.04 bits per heavy atom. The van der Waals surface area contributed by atoms with Crippen LogP contribution in [0, 0.1) is 0 Å². The molecule has 4 nitrogen and oxygen atoms in total. The highest BCUT2D eigenvalue weighted by atomic mass is 19.4. The van der Waals surface area contributed by atoms with Crippen molar-refractivity contribution in [3.8, 4) is 5.75 Å². The highest BCUT2D eigenvalue weighted by Gasteiger charge is 2.31. The Morgan fingerprint density at radius 1 is 1.17 bits per heavy atom. The van der Waals surface area contributed by atoms with E-state index in [9.17, 15) is 13.2 Å². The Labute approximate surface area is 131 Å². The maximum Gasteiger partial charge on any atom is 0.573 e. The van der Waals surface area contributed by atoms with Gasteiger partial charge in [0.05, 0.1) is 6.61 Å². The first-order valence-electron chi connectivity index (χ1n) is 7.51. The normalized spacial score (nSPS) is 19.2. The van der Waals surface area contributed by atoms with Crippen molar-refractivity contribution < 1.29 is 31.8 Å². The molecule has 0 aliphatic carbocycles. The number of hydrogen-bond acceptors (Lipinski definition) is 4. The third kappa shape index (κ3) is 4.62. The average Bonchev–Trinajstić information content (AvgIpc) is 2.88. The van der Waals surface area contributed by atoms with Crippen molar-refractivity contribution in [2.24, 2.45) is 0 Å². The second kappa shape index (κ2) is 6.80. The molecule has 1 aromatic heterocycles. The van der Waals surface area contributed by atoms with E-state index in [1.165, 1.54) is 18.2 Å². The molecule has 0 N–H and O–H groups in total. The van der Waals surface area contributed by atoms with Crippen molar-refractivity contribution in [3.63, 3.8) is 0 Å². The van der Waals surface area contributed by atoms with Crippen LogP contribution in [-0.2, 0) is 15.9 Å². The summed E-state index contributed by atoms with van der Waals surface area (Å²) in [4.78, 5) is 0. The lowest BCUT2D eigenvalue weighted by Gasteiger charge is -2.22. The van der Waals surface area contributed by atoms with Gasteiger partial charge in [-0.25, -0.2) is 0 Å². The highest BCUT2D eigenvalue weighted by molar-refractivity contribution is 5.79. The van der Waals surface area contributed by atoms with Crippen molar-refractivity contribution in [2.75, 3.05) is 13.2 Å². The Bertz CT molecular complexity index is 644. The fourth-order valence-corrected chi connectivity index (χ4v) is 2.53. The van der Waals surface area contributed by atoms with Crippen molar-refractivity contribution >= 4 is 11.0 Å². The minimum Gasteiger partial charge on any atom is -0.461 e. The Kier molecular flexibility index (Phi) is 4.77. The lowest BCUT2D eigenvalue weighted by molar-refractivity contribution is -0.274. The molecule has 0 radical (unpaired) electrons. The van der Waals surface area contributed by atoms with Crippen molar-refractivity contribution in [1.29, 1.82) is 0 Å². The van der Waals surface area contributed by atoms with Crippen molar-refractivity contribution in [3.05, 3.63) is 30.0 Å². The number of furan rings is 1. The topological polar surface area (TPSA) is 40.8 Å². The molecular weight excluding hydrogens is 313 g/mol. The molecule has 3 rings (SSSR count). The first kappa shape index (κ1) is 16.1. The second-order valence-corrected chi connectivity index (χ2v) is 5.38. The number of ether oxygens (including phenoxy) is 3. The quantitative estimate of drug-likeness (QED) is 0.814. The molecule has 7 heteroatoms. The molecule has 23 heavy (non-hydrogen) atoms. The summed E-state index contributed by atoms with van der Waals surface area (Å²) < 4.78 is 57.2. The number of rotatable bonds is 5. The fourth-order valence-electron chi connectivity index (χ4n) is 2.53. The summed E-state index contributed by atoms with van der Waals surface area (Å²) in [5.74, 6) is 0.393. The van der Waals surface area contributed by atoms with Gasteiger partial charge in [0.15, 0.2) is 6.29 Å². The first-order valence-corrected chi connectivity index (χ1v) is 7.51. The average molecular weight is 330 g/mol. The highest BCUT2D eigenvalue weighted by Crippen LogP contribution is 2.28. The standard InChI is InChI=1S/C16H17F3O4/c17-16(18,19)23-13-4-5-14-11(10-13)9-12(22-14)6-8-21-15-3-1-2-7-20-15/h4-5,9-10,15H,1-3,6-8H2. The summed E-state index contributed by atoms with van der Waals surface area (Å²) >= 11 is 0. The van der Waals surface area contributed by atoms with Gasteiger partial charge in [0.1, 0.15) is 17.1 Å². The Balaban J connectivity index is 1.58. The van der Waals surface area contributed by atoms with Gasteiger partial charge in [-0.3, -0.25) is 0 Å². The molecule has 1 aliphatic rings. The molecule has 0 spiro atoms. The van der Waals surface area contributed by atoms with Crippen LogP contribution in [0.1, 0.15) is 25.0 Å². The van der Waals surface area contributed by atoms with Crippen molar-refractivity contribution in [2.45, 2.75) is 38.3 Å². The van der Waals surface area contributed by atoms with Crippen LogP contribution in [0.5, 0.6) is 5.75 Å². The van der Waals surface area contributed by atoms with Gasteiger partial charge in [0, 0.05) is 18.4 Å². The predicted molar refractivity (Wildman–Crippen MR) is 76.1 cm³/mol. The molecule has 1 saturated heterocycles. The summed E-state index contributed by atoms with van der Waals surface area (Å²) in [5.41, 5.74) is 0.517. The van der Waals surface area contributed by atoms with Crippen LogP contribution >= 0.6 is 0 Å². The van der Waals surface area contributed by atoms with Crippen LogP contribution in [0.15, 0.2) is 28.7 Å². The van der Waals surface area contributed by atoms with Crippen LogP contribution < -0.4 is 4.74 Å². The number of benzene rings is 1. The Morgan fingerprint density at radius 3 is 2.78 bits per heavy atom. The maximum atomic E-state index is 12.2. The molecule has 0 amide bonds. The minimum absolute atomic E-state index is 0.167. The zero-order chi connectivity index (χ0) is 16.3. The molecule has 2 heterocycles. The van der Waals surface area contributed by atoms with E-state index in [0.29, 0.717) is 29.8 Å². The van der Waals surface area contributed by atoms with Gasteiger partial charge >= 0.3 is 6.36 Å². The first-order chi connectivity index (χ1) is 11.0. The van der Waals surface area contributed by atoms with E-state index in [1.54, 1.807) is 6.07 Å². The van der Waals surface area contributed by atoms with Crippen LogP contribution in [0.3, 0.4) is 0 Å². The summed E-state index contributed by atoms with van der Waals surface area (Å²) in [7, 11) is 0. The van der Waals surface area contributed by atoms with E-state index < -0.39 is 6.36 Å². The van der Waals surface area contributed by atoms with E-state index in [0.717, 1.165) is 25.9 Å². The van der Waals surface area contributed by atoms with Crippen LogP contribution in [-0.4, -0.2) is 25.9 Å². The molecule has 2 aromatic rings. The SMILES string of the molecule is FC(F)(F)Oc1ccc2oc(CCOC3CCCCO3)cc2c1. The molecule has 1 aromatic carbocycles. The summed E-state index contributed by atoms with van der Waals surface area (Å²) in [5, 5.41) is 0.565. The monoisotopic (exact) mass is 330 g/mol. The van der Waals surface area contributed by atoms with E-state index in [4.69, 9.17) is 13.9 Å². The molecule has 1 fully saturated rings. The lowest BCUT2D eigenvalue weighted by Crippen LogP contribution is -2.23. The fraction of sp³-hybridized carbons (Fsp3) is 0.500. The maximum absolute atomic E-state index is 12.2. The Hall–Kier alpha value is -1.73. The van der Waals surface area contributed by atoms with Gasteiger partial charge in [0.25, 0.3) is 0 Å². The second-order valence-electron chi connectivity index (χ2n) is 5.38. The van der Waals surface area contributed by atoms with E-state index in [2.05, 4.69) is 4.74 Å². The smallest absolute Gasteiger partial charge is 0.461 e. The summed E-state index contributed by atoms with van der Waals surface area (Å²) in [6, 6.07) is 5.70. The number of hydrogen-bond donors (Lipinski definition) is 0. The van der Waals surface area contributed by atoms with Crippen molar-refractivity contribution in [1.82, 2.24) is 0 Å². The van der Waals surface area contributed by atoms with Gasteiger partial charge in [-0.15, -0.1) is 13.2 Å². The lowest BCUT2D eigenvalue weighted by atomic mass is 10.2. The van der Waals surface area contributed by atoms with Gasteiger partial charge in [-0.05, 0) is 43.5 Å². The van der Waals surface area contributed by atoms with Gasteiger partial charge in [-0.1, -0.05) is 0 Å². The molecule has 126 valence electrons. The van der Waals surface area contributed by atoms with Gasteiger partial charge in [-0.2, -0.15) is 0 Å². The molecular formula is C16H17F3O4. The van der Waals surface area contributed by atoms with E-state index in [-0.39, 0.29) is 12.0 Å². The minimum atomic E-state index is -4.70. The number of halogens is 3. The third-order valence-electron chi connectivity index (χ3n) is 3.56. The number of alkyl halides is 3. The summed E-state index contributed by atoms with van der Waals surface area (Å²) in [6.07, 6.45) is -1.29. The molecule has 0 saturated carbocycles. The zero-order valence-corrected chi connectivity index (χ0v) is 12.4. The largest absolute Gasteiger partial charge is 0.573 e. The van der Waals surface area contributed by atoms with Gasteiger partial charge in [0.2, 0.25) is 0 Å². The van der Waals surface area contributed by atoms with Crippen LogP contribution in [0.2, 0.25) is 0 Å². The van der Waals surface area contributed by atoms with E-state index in [1.807, 2.05) is 0 Å². The summed E-state index contributed by atoms with van der Waals surface area (Å²) in [6.45, 7) is 1.16. The van der Waals surface area contributed by atoms with Crippen LogP contribution in [0.4, 0.5) is 13.2 Å². The van der Waals surface area contributed by atoms with Gasteiger partial charge < -0.3 is 18.6 Å². The molecule has 1 aliphatic heterocycles. The zero-order valence-electron chi connectivity index (χ0n) is 12.4. The molecule has 1 atom stereocenters. The van der Waals surface area contributed by atoms with Crippen LogP contribution in [0.25, 0.3) is 11.0 Å². The molecule has 1 unspecified atom stereocenters. The third-order valence-corrected chi connectivity index (χ3v) is 3.56.